The molecule has 1 N–H and O–H groups in total. The summed E-state index contributed by atoms with van der Waals surface area (Å²) in [7, 11) is 0. The van der Waals surface area contributed by atoms with Crippen molar-refractivity contribution in [1.82, 2.24) is 19.8 Å². The number of carbonyl (C=O) groups excluding carboxylic acids is 1. The van der Waals surface area contributed by atoms with E-state index in [1.165, 1.54) is 32.1 Å². The van der Waals surface area contributed by atoms with Crippen LogP contribution in [0.4, 0.5) is 0 Å². The summed E-state index contributed by atoms with van der Waals surface area (Å²) in [5.41, 5.74) is 0.601. The molecule has 0 saturated heterocycles. The van der Waals surface area contributed by atoms with E-state index in [2.05, 4.69) is 26.7 Å². The average molecular weight is 302 g/mol. The Hall–Kier alpha value is -1.36. The fourth-order valence-electron chi connectivity index (χ4n) is 4.16. The number of hydrogen-bond acceptors (Lipinski definition) is 3. The van der Waals surface area contributed by atoms with Crippen LogP contribution in [0.5, 0.6) is 0 Å². The monoisotopic (exact) mass is 302 g/mol. The van der Waals surface area contributed by atoms with Crippen molar-refractivity contribution in [2.75, 3.05) is 6.54 Å². The van der Waals surface area contributed by atoms with Crippen LogP contribution in [0.2, 0.25) is 0 Å². The van der Waals surface area contributed by atoms with Crippen LogP contribution >= 0.6 is 0 Å². The van der Waals surface area contributed by atoms with Crippen LogP contribution in [-0.4, -0.2) is 39.0 Å². The number of carbonyl (C=O) groups is 1. The number of imidazole rings is 1. The van der Waals surface area contributed by atoms with E-state index in [4.69, 9.17) is 0 Å². The lowest BCUT2D eigenvalue weighted by molar-refractivity contribution is 0.0614. The van der Waals surface area contributed by atoms with Crippen molar-refractivity contribution in [1.29, 1.82) is 0 Å². The molecule has 5 nitrogen and oxygen atoms in total. The molecule has 22 heavy (non-hydrogen) atoms. The van der Waals surface area contributed by atoms with Crippen LogP contribution in [0.15, 0.2) is 6.20 Å². The molecular weight excluding hydrogens is 276 g/mol. The van der Waals surface area contributed by atoms with Crippen molar-refractivity contribution in [2.45, 2.75) is 76.5 Å². The van der Waals surface area contributed by atoms with E-state index in [9.17, 15) is 4.79 Å². The van der Waals surface area contributed by atoms with Crippen LogP contribution in [-0.2, 0) is 6.54 Å². The van der Waals surface area contributed by atoms with E-state index in [-0.39, 0.29) is 5.91 Å². The van der Waals surface area contributed by atoms with Gasteiger partial charge < -0.3 is 9.88 Å². The lowest BCUT2D eigenvalue weighted by Crippen LogP contribution is -2.46. The number of rotatable bonds is 3. The fraction of sp³-hybridized carbons (Fsp3) is 0.765. The molecule has 1 amide bonds. The number of nitrogens with one attached hydrogen (secondary N) is 1. The molecule has 0 bridgehead atoms. The zero-order valence-corrected chi connectivity index (χ0v) is 13.4. The third kappa shape index (κ3) is 2.45. The predicted octanol–water partition coefficient (Wildman–Crippen LogP) is 2.48. The summed E-state index contributed by atoms with van der Waals surface area (Å²) in [4.78, 5) is 19.7. The van der Waals surface area contributed by atoms with Crippen LogP contribution in [0.1, 0.15) is 74.2 Å². The van der Waals surface area contributed by atoms with Gasteiger partial charge in [0.05, 0.1) is 6.04 Å². The smallest absolute Gasteiger partial charge is 0.271 e. The Morgan fingerprint density at radius 2 is 1.95 bits per heavy atom. The molecule has 2 saturated carbocycles. The summed E-state index contributed by atoms with van der Waals surface area (Å²) >= 11 is 0. The molecule has 0 spiro atoms. The van der Waals surface area contributed by atoms with Gasteiger partial charge in [-0.05, 0) is 32.6 Å². The number of hydrogen-bond donors (Lipinski definition) is 1. The van der Waals surface area contributed by atoms with Gasteiger partial charge in [0, 0.05) is 31.4 Å². The summed E-state index contributed by atoms with van der Waals surface area (Å²) in [6.45, 7) is 4.27. The first-order chi connectivity index (χ1) is 10.7. The molecule has 3 aliphatic rings. The Labute approximate surface area is 132 Å². The van der Waals surface area contributed by atoms with E-state index in [1.54, 1.807) is 0 Å². The zero-order valence-electron chi connectivity index (χ0n) is 13.4. The normalized spacial score (nSPS) is 26.7. The number of aromatic nitrogens is 2. The second kappa shape index (κ2) is 5.69. The van der Waals surface area contributed by atoms with Crippen molar-refractivity contribution in [2.24, 2.45) is 0 Å². The third-order valence-corrected chi connectivity index (χ3v) is 5.74. The highest BCUT2D eigenvalue weighted by Crippen LogP contribution is 2.34. The van der Waals surface area contributed by atoms with E-state index < -0.39 is 0 Å². The van der Waals surface area contributed by atoms with Gasteiger partial charge in [-0.3, -0.25) is 9.69 Å². The molecule has 120 valence electrons. The zero-order chi connectivity index (χ0) is 15.1. The van der Waals surface area contributed by atoms with Crippen LogP contribution in [0.3, 0.4) is 0 Å². The maximum atomic E-state index is 12.4. The number of fused-ring (bicyclic) bond motifs is 1. The lowest BCUT2D eigenvalue weighted by Gasteiger charge is -2.43. The third-order valence-electron chi connectivity index (χ3n) is 5.74. The van der Waals surface area contributed by atoms with Gasteiger partial charge in [0.15, 0.2) is 0 Å². The van der Waals surface area contributed by atoms with Gasteiger partial charge >= 0.3 is 0 Å². The van der Waals surface area contributed by atoms with Gasteiger partial charge in [-0.15, -0.1) is 0 Å². The van der Waals surface area contributed by atoms with Gasteiger partial charge in [0.1, 0.15) is 11.5 Å². The summed E-state index contributed by atoms with van der Waals surface area (Å²) in [6.07, 6.45) is 10.7. The minimum atomic E-state index is 0.0104. The summed E-state index contributed by atoms with van der Waals surface area (Å²) in [5.74, 6) is 1.07. The first-order valence-electron chi connectivity index (χ1n) is 8.86. The van der Waals surface area contributed by atoms with E-state index in [0.717, 1.165) is 37.8 Å². The topological polar surface area (TPSA) is 50.2 Å². The molecule has 5 heteroatoms. The molecule has 4 rings (SSSR count). The molecule has 1 atom stereocenters. The summed E-state index contributed by atoms with van der Waals surface area (Å²) < 4.78 is 2.18. The van der Waals surface area contributed by atoms with E-state index in [1.807, 2.05) is 6.20 Å². The largest absolute Gasteiger partial charge is 0.348 e. The predicted molar refractivity (Wildman–Crippen MR) is 84.7 cm³/mol. The molecule has 1 aromatic rings. The maximum absolute atomic E-state index is 12.4. The molecule has 2 heterocycles. The minimum absolute atomic E-state index is 0.0104. The summed E-state index contributed by atoms with van der Waals surface area (Å²) in [5, 5.41) is 3.15. The Kier molecular flexibility index (Phi) is 3.68. The Morgan fingerprint density at radius 3 is 2.64 bits per heavy atom. The van der Waals surface area contributed by atoms with Gasteiger partial charge in [-0.2, -0.15) is 0 Å². The van der Waals surface area contributed by atoms with Crippen LogP contribution in [0.25, 0.3) is 0 Å². The van der Waals surface area contributed by atoms with Gasteiger partial charge in [-0.1, -0.05) is 19.3 Å². The van der Waals surface area contributed by atoms with E-state index in [0.29, 0.717) is 17.8 Å². The Balaban J connectivity index is 1.48. The van der Waals surface area contributed by atoms with Gasteiger partial charge in [0.25, 0.3) is 5.91 Å². The molecule has 1 aromatic heterocycles. The van der Waals surface area contributed by atoms with Crippen molar-refractivity contribution in [3.63, 3.8) is 0 Å². The van der Waals surface area contributed by atoms with Crippen molar-refractivity contribution in [3.05, 3.63) is 17.7 Å². The molecule has 0 unspecified atom stereocenters. The van der Waals surface area contributed by atoms with Crippen LogP contribution in [0, 0.1) is 0 Å². The Bertz CT molecular complexity index is 557. The molecule has 0 radical (unpaired) electrons. The second-order valence-electron chi connectivity index (χ2n) is 7.13. The van der Waals surface area contributed by atoms with E-state index >= 15 is 0 Å². The van der Waals surface area contributed by atoms with Crippen molar-refractivity contribution in [3.8, 4) is 0 Å². The number of amides is 1. The highest BCUT2D eigenvalue weighted by atomic mass is 16.2. The quantitative estimate of drug-likeness (QED) is 0.933. The number of nitrogens with zero attached hydrogens (tertiary/aromatic N) is 3. The summed E-state index contributed by atoms with van der Waals surface area (Å²) in [6, 6.07) is 1.42. The fourth-order valence-corrected chi connectivity index (χ4v) is 4.16. The van der Waals surface area contributed by atoms with Gasteiger partial charge in [0.2, 0.25) is 0 Å². The highest BCUT2D eigenvalue weighted by Gasteiger charge is 2.34. The molecule has 2 fully saturated rings. The first kappa shape index (κ1) is 14.2. The molecular formula is C17H26N4O. The second-order valence-corrected chi connectivity index (χ2v) is 7.13. The highest BCUT2D eigenvalue weighted by molar-refractivity contribution is 5.92. The van der Waals surface area contributed by atoms with Crippen molar-refractivity contribution >= 4 is 5.91 Å². The maximum Gasteiger partial charge on any atom is 0.271 e. The molecule has 0 aromatic carbocycles. The average Bonchev–Trinajstić information content (AvgIpc) is 3.09. The van der Waals surface area contributed by atoms with Gasteiger partial charge in [-0.25, -0.2) is 4.98 Å². The lowest BCUT2D eigenvalue weighted by atomic mass is 9.90. The molecule has 1 aliphatic heterocycles. The minimum Gasteiger partial charge on any atom is -0.348 e. The standard InChI is InChI=1S/C17H26N4O/c1-12-16-19-15(17(22)18-13-5-2-3-6-13)11-20(16)9-10-21(12)14-7-4-8-14/h11-14H,2-10H2,1H3,(H,18,22)/t12-/m0/s1. The van der Waals surface area contributed by atoms with Crippen LogP contribution < -0.4 is 5.32 Å². The SMILES string of the molecule is C[C@H]1c2nc(C(=O)NC3CCCC3)cn2CCN1C1CCC1. The molecule has 2 aliphatic carbocycles. The Morgan fingerprint density at radius 1 is 1.18 bits per heavy atom. The van der Waals surface area contributed by atoms with Crippen molar-refractivity contribution < 1.29 is 4.79 Å². The first-order valence-corrected chi connectivity index (χ1v) is 8.86.